The van der Waals surface area contributed by atoms with Crippen molar-refractivity contribution in [3.63, 3.8) is 0 Å². The second kappa shape index (κ2) is 6.23. The standard InChI is InChI=1S/C15H19N3O2/c1-4-18-13(9-11(2)16-18)10-20-15-8-6-5-7-14(15)12(3)17-19/h5-9,19H,4,10H2,1-3H3. The molecule has 2 aromatic rings. The first kappa shape index (κ1) is 14.1. The number of oxime groups is 1. The van der Waals surface area contributed by atoms with E-state index in [0.29, 0.717) is 18.1 Å². The molecule has 0 saturated heterocycles. The van der Waals surface area contributed by atoms with Crippen LogP contribution in [-0.4, -0.2) is 20.7 Å². The van der Waals surface area contributed by atoms with Crippen molar-refractivity contribution < 1.29 is 9.94 Å². The van der Waals surface area contributed by atoms with Crippen molar-refractivity contribution >= 4 is 5.71 Å². The number of rotatable bonds is 5. The summed E-state index contributed by atoms with van der Waals surface area (Å²) < 4.78 is 7.77. The predicted molar refractivity (Wildman–Crippen MR) is 77.4 cm³/mol. The minimum absolute atomic E-state index is 0.435. The van der Waals surface area contributed by atoms with E-state index in [4.69, 9.17) is 9.94 Å². The monoisotopic (exact) mass is 273 g/mol. The van der Waals surface area contributed by atoms with Crippen LogP contribution in [0.2, 0.25) is 0 Å². The number of aryl methyl sites for hydroxylation is 2. The molecule has 0 atom stereocenters. The molecule has 0 aliphatic rings. The topological polar surface area (TPSA) is 59.6 Å². The summed E-state index contributed by atoms with van der Waals surface area (Å²) >= 11 is 0. The average Bonchev–Trinajstić information content (AvgIpc) is 2.84. The van der Waals surface area contributed by atoms with Crippen LogP contribution in [0.4, 0.5) is 0 Å². The fourth-order valence-electron chi connectivity index (χ4n) is 2.09. The summed E-state index contributed by atoms with van der Waals surface area (Å²) in [5.41, 5.74) is 3.32. The summed E-state index contributed by atoms with van der Waals surface area (Å²) in [6.45, 7) is 7.00. The molecule has 0 radical (unpaired) electrons. The van der Waals surface area contributed by atoms with Gasteiger partial charge in [-0.15, -0.1) is 0 Å². The Morgan fingerprint density at radius 2 is 2.15 bits per heavy atom. The van der Waals surface area contributed by atoms with E-state index in [1.807, 2.05) is 48.9 Å². The molecule has 1 aromatic carbocycles. The maximum Gasteiger partial charge on any atom is 0.130 e. The quantitative estimate of drug-likeness (QED) is 0.517. The van der Waals surface area contributed by atoms with Crippen molar-refractivity contribution in [1.29, 1.82) is 0 Å². The Morgan fingerprint density at radius 1 is 1.40 bits per heavy atom. The third-order valence-corrected chi connectivity index (χ3v) is 3.09. The minimum Gasteiger partial charge on any atom is -0.487 e. The summed E-state index contributed by atoms with van der Waals surface area (Å²) in [5.74, 6) is 0.698. The zero-order valence-corrected chi connectivity index (χ0v) is 12.0. The van der Waals surface area contributed by atoms with Gasteiger partial charge in [0, 0.05) is 12.1 Å². The van der Waals surface area contributed by atoms with Crippen molar-refractivity contribution in [2.75, 3.05) is 0 Å². The molecule has 20 heavy (non-hydrogen) atoms. The second-order valence-corrected chi connectivity index (χ2v) is 4.56. The lowest BCUT2D eigenvalue weighted by Crippen LogP contribution is -2.07. The molecular weight excluding hydrogens is 254 g/mol. The molecule has 0 saturated carbocycles. The Balaban J connectivity index is 2.19. The van der Waals surface area contributed by atoms with Crippen LogP contribution in [0.1, 0.15) is 30.8 Å². The summed E-state index contributed by atoms with van der Waals surface area (Å²) in [6.07, 6.45) is 0. The molecule has 0 aliphatic carbocycles. The third kappa shape index (κ3) is 2.99. The molecule has 0 fully saturated rings. The first-order valence-electron chi connectivity index (χ1n) is 6.60. The number of ether oxygens (including phenoxy) is 1. The van der Waals surface area contributed by atoms with E-state index in [-0.39, 0.29) is 0 Å². The Labute approximate surface area is 118 Å². The smallest absolute Gasteiger partial charge is 0.130 e. The van der Waals surface area contributed by atoms with E-state index < -0.39 is 0 Å². The number of aromatic nitrogens is 2. The van der Waals surface area contributed by atoms with Crippen LogP contribution in [0.3, 0.4) is 0 Å². The molecule has 0 bridgehead atoms. The normalized spacial score (nSPS) is 11.7. The number of hydrogen-bond acceptors (Lipinski definition) is 4. The largest absolute Gasteiger partial charge is 0.487 e. The lowest BCUT2D eigenvalue weighted by Gasteiger charge is -2.11. The SMILES string of the molecule is CCn1nc(C)cc1COc1ccccc1C(C)=NO. The molecule has 106 valence electrons. The average molecular weight is 273 g/mol. The van der Waals surface area contributed by atoms with Gasteiger partial charge in [0.05, 0.1) is 17.1 Å². The highest BCUT2D eigenvalue weighted by molar-refractivity contribution is 6.00. The van der Waals surface area contributed by atoms with Crippen molar-refractivity contribution in [1.82, 2.24) is 9.78 Å². The van der Waals surface area contributed by atoms with Crippen LogP contribution in [0.5, 0.6) is 5.75 Å². The lowest BCUT2D eigenvalue weighted by molar-refractivity contribution is 0.291. The van der Waals surface area contributed by atoms with E-state index in [0.717, 1.165) is 23.5 Å². The Kier molecular flexibility index (Phi) is 4.40. The van der Waals surface area contributed by atoms with Gasteiger partial charge >= 0.3 is 0 Å². The fourth-order valence-corrected chi connectivity index (χ4v) is 2.09. The Bertz CT molecular complexity index is 617. The first-order valence-corrected chi connectivity index (χ1v) is 6.60. The lowest BCUT2D eigenvalue weighted by atomic mass is 10.1. The third-order valence-electron chi connectivity index (χ3n) is 3.09. The molecule has 1 heterocycles. The molecule has 0 spiro atoms. The fraction of sp³-hybridized carbons (Fsp3) is 0.333. The van der Waals surface area contributed by atoms with Gasteiger partial charge in [-0.3, -0.25) is 4.68 Å². The molecule has 0 amide bonds. The molecule has 0 unspecified atom stereocenters. The van der Waals surface area contributed by atoms with Gasteiger partial charge in [0.25, 0.3) is 0 Å². The highest BCUT2D eigenvalue weighted by atomic mass is 16.5. The van der Waals surface area contributed by atoms with E-state index in [1.165, 1.54) is 0 Å². The predicted octanol–water partition coefficient (Wildman–Crippen LogP) is 2.99. The number of para-hydroxylation sites is 1. The zero-order valence-electron chi connectivity index (χ0n) is 12.0. The second-order valence-electron chi connectivity index (χ2n) is 4.56. The summed E-state index contributed by atoms with van der Waals surface area (Å²) in [5, 5.41) is 16.5. The number of benzene rings is 1. The molecule has 5 nitrogen and oxygen atoms in total. The van der Waals surface area contributed by atoms with Crippen LogP contribution in [0, 0.1) is 6.92 Å². The molecule has 2 rings (SSSR count). The number of hydrogen-bond donors (Lipinski definition) is 1. The summed E-state index contributed by atoms with van der Waals surface area (Å²) in [6, 6.07) is 9.53. The van der Waals surface area contributed by atoms with Gasteiger partial charge in [-0.1, -0.05) is 17.3 Å². The van der Waals surface area contributed by atoms with Crippen LogP contribution in [0.25, 0.3) is 0 Å². The van der Waals surface area contributed by atoms with Gasteiger partial charge in [0.15, 0.2) is 0 Å². The molecule has 1 aromatic heterocycles. The first-order chi connectivity index (χ1) is 9.65. The van der Waals surface area contributed by atoms with Crippen molar-refractivity contribution in [2.24, 2.45) is 5.16 Å². The van der Waals surface area contributed by atoms with Crippen LogP contribution < -0.4 is 4.74 Å². The Hall–Kier alpha value is -2.30. The van der Waals surface area contributed by atoms with Gasteiger partial charge in [0.1, 0.15) is 12.4 Å². The molecule has 5 heteroatoms. The van der Waals surface area contributed by atoms with Crippen molar-refractivity contribution in [3.05, 3.63) is 47.3 Å². The zero-order chi connectivity index (χ0) is 14.5. The van der Waals surface area contributed by atoms with E-state index in [1.54, 1.807) is 6.92 Å². The van der Waals surface area contributed by atoms with E-state index >= 15 is 0 Å². The molecular formula is C15H19N3O2. The van der Waals surface area contributed by atoms with Gasteiger partial charge in [-0.05, 0) is 39.0 Å². The van der Waals surface area contributed by atoms with Gasteiger partial charge in [-0.2, -0.15) is 5.10 Å². The van der Waals surface area contributed by atoms with Gasteiger partial charge in [0.2, 0.25) is 0 Å². The van der Waals surface area contributed by atoms with E-state index in [9.17, 15) is 0 Å². The highest BCUT2D eigenvalue weighted by Gasteiger charge is 2.09. The van der Waals surface area contributed by atoms with Crippen LogP contribution in [0.15, 0.2) is 35.5 Å². The maximum absolute atomic E-state index is 8.90. The molecule has 0 aliphatic heterocycles. The summed E-state index contributed by atoms with van der Waals surface area (Å²) in [7, 11) is 0. The van der Waals surface area contributed by atoms with Gasteiger partial charge < -0.3 is 9.94 Å². The maximum atomic E-state index is 8.90. The summed E-state index contributed by atoms with van der Waals surface area (Å²) in [4.78, 5) is 0. The Morgan fingerprint density at radius 3 is 2.85 bits per heavy atom. The van der Waals surface area contributed by atoms with Crippen molar-refractivity contribution in [2.45, 2.75) is 33.9 Å². The van der Waals surface area contributed by atoms with Crippen molar-refractivity contribution in [3.8, 4) is 5.75 Å². The number of nitrogens with zero attached hydrogens (tertiary/aromatic N) is 3. The minimum atomic E-state index is 0.435. The van der Waals surface area contributed by atoms with E-state index in [2.05, 4.69) is 10.3 Å². The van der Waals surface area contributed by atoms with Gasteiger partial charge in [-0.25, -0.2) is 0 Å². The highest BCUT2D eigenvalue weighted by Crippen LogP contribution is 2.20. The van der Waals surface area contributed by atoms with Crippen LogP contribution in [-0.2, 0) is 13.2 Å². The molecule has 1 N–H and O–H groups in total. The van der Waals surface area contributed by atoms with Crippen LogP contribution >= 0.6 is 0 Å².